The van der Waals surface area contributed by atoms with Crippen molar-refractivity contribution < 1.29 is 0 Å². The van der Waals surface area contributed by atoms with E-state index in [4.69, 9.17) is 0 Å². The summed E-state index contributed by atoms with van der Waals surface area (Å²) < 4.78 is 0. The molecule has 5 nitrogen and oxygen atoms in total. The first-order valence-electron chi connectivity index (χ1n) is 10.1. The molecule has 1 heterocycles. The van der Waals surface area contributed by atoms with E-state index in [0.717, 1.165) is 44.1 Å². The van der Waals surface area contributed by atoms with Crippen molar-refractivity contribution in [2.24, 2.45) is 0 Å². The lowest BCUT2D eigenvalue weighted by Crippen LogP contribution is -1.85. The highest BCUT2D eigenvalue weighted by atomic mass is 14.7. The molecular weight excluding hydrogens is 406 g/mol. The summed E-state index contributed by atoms with van der Waals surface area (Å²) in [6.07, 6.45) is 0. The molecular formula is C28H13N5. The normalized spacial score (nSPS) is 10.3. The molecule has 33 heavy (non-hydrogen) atoms. The molecule has 0 spiro atoms. The number of aromatic amines is 1. The maximum atomic E-state index is 9.32. The second-order valence-corrected chi connectivity index (χ2v) is 7.69. The van der Waals surface area contributed by atoms with Crippen LogP contribution in [0.15, 0.2) is 72.8 Å². The molecule has 150 valence electrons. The van der Waals surface area contributed by atoms with Crippen LogP contribution in [0.2, 0.25) is 0 Å². The zero-order valence-electron chi connectivity index (χ0n) is 17.2. The van der Waals surface area contributed by atoms with Crippen molar-refractivity contribution in [3.8, 4) is 46.5 Å². The van der Waals surface area contributed by atoms with Gasteiger partial charge in [-0.25, -0.2) is 0 Å². The Labute approximate surface area is 189 Å². The fourth-order valence-corrected chi connectivity index (χ4v) is 4.10. The molecule has 5 aromatic rings. The van der Waals surface area contributed by atoms with Gasteiger partial charge in [-0.2, -0.15) is 21.0 Å². The van der Waals surface area contributed by atoms with Crippen molar-refractivity contribution in [2.45, 2.75) is 0 Å². The molecule has 4 aromatic carbocycles. The van der Waals surface area contributed by atoms with E-state index < -0.39 is 0 Å². The summed E-state index contributed by atoms with van der Waals surface area (Å²) >= 11 is 0. The van der Waals surface area contributed by atoms with Gasteiger partial charge in [-0.05, 0) is 82.9 Å². The summed E-state index contributed by atoms with van der Waals surface area (Å²) in [4.78, 5) is 3.42. The van der Waals surface area contributed by atoms with Crippen LogP contribution in [0.5, 0.6) is 0 Å². The van der Waals surface area contributed by atoms with Gasteiger partial charge in [0.05, 0.1) is 46.5 Å². The summed E-state index contributed by atoms with van der Waals surface area (Å²) in [7, 11) is 0. The van der Waals surface area contributed by atoms with Crippen LogP contribution in [-0.2, 0) is 0 Å². The van der Waals surface area contributed by atoms with Crippen molar-refractivity contribution in [1.29, 1.82) is 21.0 Å². The van der Waals surface area contributed by atoms with Crippen LogP contribution in [0.4, 0.5) is 0 Å². The number of fused-ring (bicyclic) bond motifs is 3. The Balaban J connectivity index is 1.70. The SMILES string of the molecule is N#Cc1cc(C#N)cc(-c2ccc3[nH]c4ccc(-c5cc(C#N)cc(C#N)c5)cc4c3c2)c1. The first kappa shape index (κ1) is 19.6. The molecule has 0 radical (unpaired) electrons. The van der Waals surface area contributed by atoms with Gasteiger partial charge in [0.25, 0.3) is 0 Å². The predicted molar refractivity (Wildman–Crippen MR) is 126 cm³/mol. The van der Waals surface area contributed by atoms with E-state index in [1.54, 1.807) is 36.4 Å². The first-order valence-corrected chi connectivity index (χ1v) is 10.1. The molecule has 5 heteroatoms. The number of hydrogen-bond acceptors (Lipinski definition) is 4. The highest BCUT2D eigenvalue weighted by Gasteiger charge is 2.11. The maximum absolute atomic E-state index is 9.32. The van der Waals surface area contributed by atoms with Gasteiger partial charge in [-0.15, -0.1) is 0 Å². The number of hydrogen-bond donors (Lipinski definition) is 1. The van der Waals surface area contributed by atoms with Crippen molar-refractivity contribution >= 4 is 21.8 Å². The van der Waals surface area contributed by atoms with Crippen LogP contribution in [-0.4, -0.2) is 4.98 Å². The largest absolute Gasteiger partial charge is 0.355 e. The number of H-pyrrole nitrogens is 1. The van der Waals surface area contributed by atoms with Gasteiger partial charge in [0.1, 0.15) is 0 Å². The molecule has 0 unspecified atom stereocenters. The quantitative estimate of drug-likeness (QED) is 0.370. The lowest BCUT2D eigenvalue weighted by Gasteiger charge is -2.05. The minimum Gasteiger partial charge on any atom is -0.355 e. The summed E-state index contributed by atoms with van der Waals surface area (Å²) in [6, 6.07) is 30.7. The van der Waals surface area contributed by atoms with Gasteiger partial charge in [0.2, 0.25) is 0 Å². The lowest BCUT2D eigenvalue weighted by atomic mass is 9.97. The van der Waals surface area contributed by atoms with Crippen molar-refractivity contribution in [2.75, 3.05) is 0 Å². The molecule has 0 saturated carbocycles. The zero-order chi connectivity index (χ0) is 22.9. The van der Waals surface area contributed by atoms with Crippen LogP contribution < -0.4 is 0 Å². The van der Waals surface area contributed by atoms with E-state index in [9.17, 15) is 21.0 Å². The number of nitriles is 4. The number of benzene rings is 4. The Bertz CT molecular complexity index is 1570. The monoisotopic (exact) mass is 419 g/mol. The minimum atomic E-state index is 0.441. The van der Waals surface area contributed by atoms with Crippen LogP contribution in [0.3, 0.4) is 0 Å². The Morgan fingerprint density at radius 2 is 0.788 bits per heavy atom. The molecule has 0 amide bonds. The predicted octanol–water partition coefficient (Wildman–Crippen LogP) is 6.14. The van der Waals surface area contributed by atoms with Gasteiger partial charge >= 0.3 is 0 Å². The summed E-state index contributed by atoms with van der Waals surface area (Å²) in [5, 5.41) is 39.3. The van der Waals surface area contributed by atoms with Crippen molar-refractivity contribution in [1.82, 2.24) is 4.98 Å². The summed E-state index contributed by atoms with van der Waals surface area (Å²) in [6.45, 7) is 0. The molecule has 5 rings (SSSR count). The van der Waals surface area contributed by atoms with Crippen molar-refractivity contribution in [3.05, 3.63) is 95.1 Å². The van der Waals surface area contributed by atoms with Gasteiger partial charge in [-0.1, -0.05) is 12.1 Å². The fourth-order valence-electron chi connectivity index (χ4n) is 4.10. The number of nitrogens with zero attached hydrogens (tertiary/aromatic N) is 4. The molecule has 1 N–H and O–H groups in total. The van der Waals surface area contributed by atoms with Gasteiger partial charge in [0, 0.05) is 21.8 Å². The molecule has 0 aliphatic carbocycles. The Morgan fingerprint density at radius 1 is 0.424 bits per heavy atom. The number of nitrogens with one attached hydrogen (secondary N) is 1. The third kappa shape index (κ3) is 3.43. The van der Waals surface area contributed by atoms with Crippen molar-refractivity contribution in [3.63, 3.8) is 0 Å². The molecule has 0 fully saturated rings. The summed E-state index contributed by atoms with van der Waals surface area (Å²) in [5.41, 5.74) is 7.11. The smallest absolute Gasteiger partial charge is 0.0992 e. The average molecular weight is 419 g/mol. The Hall–Kier alpha value is -5.36. The van der Waals surface area contributed by atoms with Gasteiger partial charge < -0.3 is 4.98 Å². The summed E-state index contributed by atoms with van der Waals surface area (Å²) in [5.74, 6) is 0. The Kier molecular flexibility index (Phi) is 4.58. The second kappa shape index (κ2) is 7.72. The molecule has 0 aliphatic rings. The standard InChI is InChI=1S/C28H13N5/c29-13-17-5-18(14-30)8-23(7-17)21-1-3-27-25(11-21)26-12-22(2-4-28(26)33-27)24-9-19(15-31)6-20(10-24)16-32/h1-12,33H. The van der Waals surface area contributed by atoms with E-state index in [-0.39, 0.29) is 0 Å². The molecule has 0 atom stereocenters. The van der Waals surface area contributed by atoms with Gasteiger partial charge in [-0.3, -0.25) is 0 Å². The second-order valence-electron chi connectivity index (χ2n) is 7.69. The minimum absolute atomic E-state index is 0.441. The molecule has 0 aliphatic heterocycles. The molecule has 0 bridgehead atoms. The van der Waals surface area contributed by atoms with Crippen LogP contribution in [0, 0.1) is 45.3 Å². The maximum Gasteiger partial charge on any atom is 0.0992 e. The first-order chi connectivity index (χ1) is 16.1. The van der Waals surface area contributed by atoms with E-state index in [1.165, 1.54) is 0 Å². The molecule has 0 saturated heterocycles. The van der Waals surface area contributed by atoms with Crippen LogP contribution in [0.25, 0.3) is 44.1 Å². The number of rotatable bonds is 2. The van der Waals surface area contributed by atoms with Crippen LogP contribution in [0.1, 0.15) is 22.3 Å². The third-order valence-electron chi connectivity index (χ3n) is 5.65. The highest BCUT2D eigenvalue weighted by Crippen LogP contribution is 2.34. The Morgan fingerprint density at radius 3 is 1.12 bits per heavy atom. The zero-order valence-corrected chi connectivity index (χ0v) is 17.2. The van der Waals surface area contributed by atoms with E-state index >= 15 is 0 Å². The fraction of sp³-hybridized carbons (Fsp3) is 0. The highest BCUT2D eigenvalue weighted by molar-refractivity contribution is 6.09. The molecule has 1 aromatic heterocycles. The number of aromatic nitrogens is 1. The van der Waals surface area contributed by atoms with E-state index in [2.05, 4.69) is 29.3 Å². The van der Waals surface area contributed by atoms with E-state index in [0.29, 0.717) is 22.3 Å². The third-order valence-corrected chi connectivity index (χ3v) is 5.65. The van der Waals surface area contributed by atoms with Crippen LogP contribution >= 0.6 is 0 Å². The lowest BCUT2D eigenvalue weighted by molar-refractivity contribution is 1.44. The average Bonchev–Trinajstić information content (AvgIpc) is 3.25. The topological polar surface area (TPSA) is 111 Å². The van der Waals surface area contributed by atoms with E-state index in [1.807, 2.05) is 36.4 Å². The van der Waals surface area contributed by atoms with Gasteiger partial charge in [0.15, 0.2) is 0 Å².